The monoisotopic (exact) mass is 774 g/mol. The van der Waals surface area contributed by atoms with Crippen molar-refractivity contribution in [3.63, 3.8) is 0 Å². The topological polar surface area (TPSA) is 50.9 Å². The molecule has 0 amide bonds. The number of hydrogen-bond acceptors (Lipinski definition) is 3. The van der Waals surface area contributed by atoms with Gasteiger partial charge in [0.25, 0.3) is 0 Å². The molecule has 4 nitrogen and oxygen atoms in total. The van der Waals surface area contributed by atoms with Crippen LogP contribution < -0.4 is 0 Å². The lowest BCUT2D eigenvalue weighted by atomic mass is 9.83. The lowest BCUT2D eigenvalue weighted by Gasteiger charge is -2.23. The minimum absolute atomic E-state index is 0.0555. The summed E-state index contributed by atoms with van der Waals surface area (Å²) in [6.07, 6.45) is 3.45. The van der Waals surface area contributed by atoms with Gasteiger partial charge in [-0.2, -0.15) is 0 Å². The van der Waals surface area contributed by atoms with Gasteiger partial charge in [0.2, 0.25) is 0 Å². The molecule has 296 valence electrons. The van der Waals surface area contributed by atoms with Crippen LogP contribution in [0.4, 0.5) is 0 Å². The van der Waals surface area contributed by atoms with Crippen LogP contribution in [0, 0.1) is 0 Å². The van der Waals surface area contributed by atoms with Crippen molar-refractivity contribution in [3.8, 4) is 67.5 Å². The molecule has 0 bridgehead atoms. The van der Waals surface area contributed by atoms with Crippen LogP contribution in [0.5, 0.6) is 5.75 Å². The van der Waals surface area contributed by atoms with Crippen molar-refractivity contribution in [2.75, 3.05) is 0 Å². The number of imidazole rings is 1. The largest absolute Gasteiger partial charge is 0.507 e. The Morgan fingerprint density at radius 3 is 1.95 bits per heavy atom. The third kappa shape index (κ3) is 7.84. The van der Waals surface area contributed by atoms with Crippen LogP contribution >= 0.6 is 0 Å². The average Bonchev–Trinajstić information content (AvgIpc) is 3.65. The summed E-state index contributed by atoms with van der Waals surface area (Å²) in [6.45, 7) is 17.7. The van der Waals surface area contributed by atoms with E-state index in [4.69, 9.17) is 11.3 Å². The van der Waals surface area contributed by atoms with Crippen LogP contribution in [0.2, 0.25) is 0 Å². The molecule has 4 heteroatoms. The number of phenolic OH excluding ortho intramolecular Hbond substituents is 1. The Labute approximate surface area is 351 Å². The molecule has 0 aliphatic heterocycles. The van der Waals surface area contributed by atoms with Crippen molar-refractivity contribution >= 4 is 11.0 Å². The second kappa shape index (κ2) is 15.8. The fourth-order valence-electron chi connectivity index (χ4n) is 8.15. The van der Waals surface area contributed by atoms with E-state index in [9.17, 15) is 5.11 Å². The van der Waals surface area contributed by atoms with E-state index >= 15 is 0 Å². The van der Waals surface area contributed by atoms with Gasteiger partial charge in [-0.25, -0.2) is 4.98 Å². The Morgan fingerprint density at radius 1 is 0.576 bits per heavy atom. The predicted molar refractivity (Wildman–Crippen MR) is 248 cm³/mol. The summed E-state index contributed by atoms with van der Waals surface area (Å²) in [4.78, 5) is 10.4. The van der Waals surface area contributed by atoms with Crippen LogP contribution in [-0.4, -0.2) is 19.6 Å². The van der Waals surface area contributed by atoms with E-state index in [0.29, 0.717) is 11.4 Å². The first-order valence-corrected chi connectivity index (χ1v) is 20.9. The first-order valence-electron chi connectivity index (χ1n) is 21.4. The van der Waals surface area contributed by atoms with E-state index in [2.05, 4.69) is 181 Å². The minimum atomic E-state index is -0.576. The molecule has 0 saturated heterocycles. The SMILES string of the molecule is [2H]C(CC)(CC)c1ccc(-c2ccnc(-c3cc(-c4cccc5c4nc(-c4ccccc4O)n5-c4ccc(C(C)(C)C)cc4-c4ccccc4)cc(C(C)(C)C)c3)c2)cc1. The first kappa shape index (κ1) is 38.3. The lowest BCUT2D eigenvalue weighted by Crippen LogP contribution is -2.12. The Bertz CT molecular complexity index is 2820. The second-order valence-corrected chi connectivity index (χ2v) is 17.7. The fraction of sp³-hybridized carbons (Fsp3) is 0.236. The molecule has 2 heterocycles. The summed E-state index contributed by atoms with van der Waals surface area (Å²) in [6, 6.07) is 50.7. The number of phenols is 1. The summed E-state index contributed by atoms with van der Waals surface area (Å²) in [5.74, 6) is 0.271. The number of pyridine rings is 1. The molecule has 0 spiro atoms. The maximum atomic E-state index is 11.4. The molecule has 1 N–H and O–H groups in total. The van der Waals surface area contributed by atoms with E-state index in [1.807, 2.05) is 24.4 Å². The predicted octanol–water partition coefficient (Wildman–Crippen LogP) is 15.0. The number of rotatable bonds is 9. The smallest absolute Gasteiger partial charge is 0.149 e. The van der Waals surface area contributed by atoms with Crippen molar-refractivity contribution in [1.82, 2.24) is 14.5 Å². The number of nitrogens with zero attached hydrogens (tertiary/aromatic N) is 3. The highest BCUT2D eigenvalue weighted by Gasteiger charge is 2.25. The molecule has 0 radical (unpaired) electrons. The zero-order chi connectivity index (χ0) is 42.4. The van der Waals surface area contributed by atoms with Crippen LogP contribution in [0.25, 0.3) is 72.7 Å². The van der Waals surface area contributed by atoms with Crippen LogP contribution in [-0.2, 0) is 10.8 Å². The summed E-state index contributed by atoms with van der Waals surface area (Å²) in [5.41, 5.74) is 15.1. The lowest BCUT2D eigenvalue weighted by molar-refractivity contribution is 0.477. The van der Waals surface area contributed by atoms with E-state index < -0.39 is 5.89 Å². The highest BCUT2D eigenvalue weighted by molar-refractivity contribution is 5.97. The number of fused-ring (bicyclic) bond motifs is 1. The molecule has 0 atom stereocenters. The highest BCUT2D eigenvalue weighted by atomic mass is 16.3. The Balaban J connectivity index is 1.33. The molecule has 59 heavy (non-hydrogen) atoms. The van der Waals surface area contributed by atoms with Gasteiger partial charge < -0.3 is 5.11 Å². The molecular formula is C55H55N3O. The summed E-state index contributed by atoms with van der Waals surface area (Å²) >= 11 is 0. The fourth-order valence-corrected chi connectivity index (χ4v) is 8.15. The van der Waals surface area contributed by atoms with Crippen LogP contribution in [0.1, 0.15) is 92.2 Å². The third-order valence-electron chi connectivity index (χ3n) is 11.7. The molecule has 0 fully saturated rings. The standard InChI is InChI=1S/C55H55N3O/c1-9-36(10-2)37-23-25-38(26-24-37)40-29-30-56-48(34-40)42-31-41(32-44(33-42)55(6,7)8)45-20-16-21-50-52(45)57-53(46-19-14-15-22-51(46)59)58(50)49-28-27-43(54(3,4)5)35-47(49)39-17-12-11-13-18-39/h11-36,59H,9-10H2,1-8H3/i36D. The van der Waals surface area contributed by atoms with Crippen LogP contribution in [0.3, 0.4) is 0 Å². The quantitative estimate of drug-likeness (QED) is 0.159. The van der Waals surface area contributed by atoms with Crippen molar-refractivity contribution in [1.29, 1.82) is 0 Å². The van der Waals surface area contributed by atoms with Crippen molar-refractivity contribution in [3.05, 3.63) is 168 Å². The van der Waals surface area contributed by atoms with Crippen molar-refractivity contribution in [2.45, 2.75) is 85.0 Å². The molecular weight excluding hydrogens is 719 g/mol. The van der Waals surface area contributed by atoms with Gasteiger partial charge in [0.1, 0.15) is 11.6 Å². The molecule has 8 rings (SSSR count). The summed E-state index contributed by atoms with van der Waals surface area (Å²) < 4.78 is 11.2. The zero-order valence-electron chi connectivity index (χ0n) is 36.6. The van der Waals surface area contributed by atoms with Gasteiger partial charge in [0.05, 0.1) is 28.0 Å². The third-order valence-corrected chi connectivity index (χ3v) is 11.7. The van der Waals surface area contributed by atoms with Gasteiger partial charge >= 0.3 is 0 Å². The molecule has 0 unspecified atom stereocenters. The van der Waals surface area contributed by atoms with Gasteiger partial charge in [-0.05, 0) is 123 Å². The normalized spacial score (nSPS) is 12.5. The van der Waals surface area contributed by atoms with Gasteiger partial charge in [-0.3, -0.25) is 9.55 Å². The molecule has 8 aromatic rings. The van der Waals surface area contributed by atoms with Crippen molar-refractivity contribution in [2.24, 2.45) is 0 Å². The van der Waals surface area contributed by atoms with Crippen LogP contribution in [0.15, 0.2) is 152 Å². The maximum absolute atomic E-state index is 11.4. The average molecular weight is 775 g/mol. The molecule has 2 aromatic heterocycles. The summed E-state index contributed by atoms with van der Waals surface area (Å²) in [5, 5.41) is 11.4. The van der Waals surface area contributed by atoms with Crippen molar-refractivity contribution < 1.29 is 6.48 Å². The Hall–Kier alpha value is -6.26. The van der Waals surface area contributed by atoms with Gasteiger partial charge in [-0.15, -0.1) is 0 Å². The van der Waals surface area contributed by atoms with Gasteiger partial charge in [0, 0.05) is 24.3 Å². The highest BCUT2D eigenvalue weighted by Crippen LogP contribution is 2.42. The van der Waals surface area contributed by atoms with E-state index in [1.54, 1.807) is 6.07 Å². The van der Waals surface area contributed by atoms with Gasteiger partial charge in [0.15, 0.2) is 0 Å². The van der Waals surface area contributed by atoms with E-state index in [0.717, 1.165) is 79.8 Å². The summed E-state index contributed by atoms with van der Waals surface area (Å²) in [7, 11) is 0. The second-order valence-electron chi connectivity index (χ2n) is 17.7. The molecule has 0 aliphatic rings. The number of aromatic hydroxyl groups is 1. The Kier molecular flexibility index (Phi) is 10.3. The number of benzene rings is 6. The number of aromatic nitrogens is 3. The number of hydrogen-bond donors (Lipinski definition) is 1. The first-order chi connectivity index (χ1) is 28.7. The zero-order valence-corrected chi connectivity index (χ0v) is 35.6. The maximum Gasteiger partial charge on any atom is 0.149 e. The van der Waals surface area contributed by atoms with E-state index in [1.165, 1.54) is 11.1 Å². The van der Waals surface area contributed by atoms with E-state index in [-0.39, 0.29) is 16.6 Å². The van der Waals surface area contributed by atoms with Gasteiger partial charge in [-0.1, -0.05) is 146 Å². The number of para-hydroxylation sites is 2. The minimum Gasteiger partial charge on any atom is -0.507 e. The Morgan fingerprint density at radius 2 is 1.25 bits per heavy atom. The molecule has 0 aliphatic carbocycles. The molecule has 0 saturated carbocycles. The molecule has 6 aromatic carbocycles.